The zero-order valence-corrected chi connectivity index (χ0v) is 11.1. The summed E-state index contributed by atoms with van der Waals surface area (Å²) in [5.74, 6) is -0.470. The lowest BCUT2D eigenvalue weighted by molar-refractivity contribution is -0.130. The molecule has 5 heteroatoms. The number of rotatable bonds is 2. The maximum atomic E-state index is 13.5. The Morgan fingerprint density at radius 1 is 1.50 bits per heavy atom. The van der Waals surface area contributed by atoms with Crippen LogP contribution < -0.4 is 5.73 Å². The summed E-state index contributed by atoms with van der Waals surface area (Å²) >= 11 is 5.66. The molecule has 1 heterocycles. The summed E-state index contributed by atoms with van der Waals surface area (Å²) in [6, 6.07) is 4.05. The number of halogens is 2. The fraction of sp³-hybridized carbons (Fsp3) is 0.462. The molecule has 0 bridgehead atoms. The van der Waals surface area contributed by atoms with Gasteiger partial charge in [0.25, 0.3) is 0 Å². The molecular formula is C13H16ClFN2O. The van der Waals surface area contributed by atoms with E-state index in [0.29, 0.717) is 12.0 Å². The van der Waals surface area contributed by atoms with Gasteiger partial charge in [0.1, 0.15) is 5.82 Å². The van der Waals surface area contributed by atoms with E-state index in [1.165, 1.54) is 12.1 Å². The van der Waals surface area contributed by atoms with E-state index >= 15 is 0 Å². The monoisotopic (exact) mass is 270 g/mol. The number of nitrogens with zero attached hydrogens (tertiary/aromatic N) is 1. The van der Waals surface area contributed by atoms with Crippen LogP contribution in [0.2, 0.25) is 5.02 Å². The number of carbonyl (C=O) groups is 1. The lowest BCUT2D eigenvalue weighted by Gasteiger charge is -2.30. The van der Waals surface area contributed by atoms with Gasteiger partial charge in [0.2, 0.25) is 5.91 Å². The van der Waals surface area contributed by atoms with Crippen molar-refractivity contribution >= 4 is 17.5 Å². The highest BCUT2D eigenvalue weighted by Gasteiger charge is 2.40. The number of hydrogen-bond acceptors (Lipinski definition) is 2. The first-order valence-electron chi connectivity index (χ1n) is 5.93. The van der Waals surface area contributed by atoms with Crippen LogP contribution in [0.4, 0.5) is 4.39 Å². The van der Waals surface area contributed by atoms with Crippen LogP contribution in [0.1, 0.15) is 31.9 Å². The quantitative estimate of drug-likeness (QED) is 0.897. The molecule has 1 aliphatic rings. The summed E-state index contributed by atoms with van der Waals surface area (Å²) in [5.41, 5.74) is 6.70. The average molecular weight is 271 g/mol. The van der Waals surface area contributed by atoms with Gasteiger partial charge in [-0.05, 0) is 31.5 Å². The van der Waals surface area contributed by atoms with Crippen molar-refractivity contribution in [1.29, 1.82) is 0 Å². The zero-order valence-electron chi connectivity index (χ0n) is 10.4. The summed E-state index contributed by atoms with van der Waals surface area (Å²) < 4.78 is 13.5. The maximum absolute atomic E-state index is 13.5. The van der Waals surface area contributed by atoms with E-state index in [-0.39, 0.29) is 29.1 Å². The van der Waals surface area contributed by atoms with Crippen LogP contribution in [-0.4, -0.2) is 22.9 Å². The first-order valence-corrected chi connectivity index (χ1v) is 6.31. The standard InChI is InChI=1S/C13H16ClFN2O/c1-7(2)17-12(18)6-11(16)13(17)8-3-4-9(14)10(15)5-8/h3-5,7,11,13H,6,16H2,1-2H3/t11-,13+/m0/s1. The molecule has 0 saturated carbocycles. The first-order chi connectivity index (χ1) is 8.41. The summed E-state index contributed by atoms with van der Waals surface area (Å²) in [4.78, 5) is 13.6. The number of hydrogen-bond donors (Lipinski definition) is 1. The molecule has 2 rings (SSSR count). The van der Waals surface area contributed by atoms with E-state index < -0.39 is 5.82 Å². The number of likely N-dealkylation sites (tertiary alicyclic amines) is 1. The predicted octanol–water partition coefficient (Wildman–Crippen LogP) is 2.49. The third-order valence-corrected chi connectivity index (χ3v) is 3.55. The minimum absolute atomic E-state index is 0.0119. The Morgan fingerprint density at radius 2 is 2.17 bits per heavy atom. The molecule has 2 N–H and O–H groups in total. The van der Waals surface area contributed by atoms with Crippen LogP contribution in [0.15, 0.2) is 18.2 Å². The van der Waals surface area contributed by atoms with E-state index in [1.54, 1.807) is 11.0 Å². The van der Waals surface area contributed by atoms with Crippen LogP contribution >= 0.6 is 11.6 Å². The summed E-state index contributed by atoms with van der Waals surface area (Å²) in [5, 5.41) is 0.0766. The highest BCUT2D eigenvalue weighted by atomic mass is 35.5. The van der Waals surface area contributed by atoms with E-state index in [1.807, 2.05) is 13.8 Å². The number of carbonyl (C=O) groups excluding carboxylic acids is 1. The minimum atomic E-state index is -0.482. The number of nitrogens with two attached hydrogens (primary N) is 1. The van der Waals surface area contributed by atoms with Crippen molar-refractivity contribution in [3.8, 4) is 0 Å². The molecule has 1 amide bonds. The van der Waals surface area contributed by atoms with Gasteiger partial charge in [0.05, 0.1) is 11.1 Å². The largest absolute Gasteiger partial charge is 0.332 e. The van der Waals surface area contributed by atoms with Crippen molar-refractivity contribution in [3.05, 3.63) is 34.6 Å². The Bertz CT molecular complexity index is 478. The van der Waals surface area contributed by atoms with Gasteiger partial charge in [0, 0.05) is 18.5 Å². The van der Waals surface area contributed by atoms with Crippen LogP contribution in [-0.2, 0) is 4.79 Å². The lowest BCUT2D eigenvalue weighted by atomic mass is 10.00. The molecule has 2 atom stereocenters. The SMILES string of the molecule is CC(C)N1C(=O)C[C@H](N)[C@H]1c1ccc(Cl)c(F)c1. The molecule has 1 aromatic carbocycles. The topological polar surface area (TPSA) is 46.3 Å². The molecule has 0 radical (unpaired) electrons. The van der Waals surface area contributed by atoms with Crippen LogP contribution in [0.3, 0.4) is 0 Å². The van der Waals surface area contributed by atoms with Crippen molar-refractivity contribution in [1.82, 2.24) is 4.90 Å². The van der Waals surface area contributed by atoms with Crippen LogP contribution in [0, 0.1) is 5.82 Å². The van der Waals surface area contributed by atoms with Crippen molar-refractivity contribution in [3.63, 3.8) is 0 Å². The van der Waals surface area contributed by atoms with Crippen LogP contribution in [0.5, 0.6) is 0 Å². The number of amides is 1. The van der Waals surface area contributed by atoms with Gasteiger partial charge in [-0.2, -0.15) is 0 Å². The Balaban J connectivity index is 2.40. The molecule has 0 spiro atoms. The van der Waals surface area contributed by atoms with Gasteiger partial charge >= 0.3 is 0 Å². The van der Waals surface area contributed by atoms with E-state index in [4.69, 9.17) is 17.3 Å². The van der Waals surface area contributed by atoms with Gasteiger partial charge < -0.3 is 10.6 Å². The van der Waals surface area contributed by atoms with Gasteiger partial charge in [-0.1, -0.05) is 17.7 Å². The van der Waals surface area contributed by atoms with Gasteiger partial charge in [-0.15, -0.1) is 0 Å². The van der Waals surface area contributed by atoms with Gasteiger partial charge in [-0.25, -0.2) is 4.39 Å². The Labute approximate surface area is 111 Å². The number of benzene rings is 1. The Morgan fingerprint density at radius 3 is 2.72 bits per heavy atom. The molecule has 0 unspecified atom stereocenters. The van der Waals surface area contributed by atoms with Crippen LogP contribution in [0.25, 0.3) is 0 Å². The van der Waals surface area contributed by atoms with E-state index in [9.17, 15) is 9.18 Å². The van der Waals surface area contributed by atoms with Crippen molar-refractivity contribution in [2.75, 3.05) is 0 Å². The third kappa shape index (κ3) is 2.22. The molecule has 1 fully saturated rings. The second kappa shape index (κ2) is 4.86. The molecule has 1 aliphatic heterocycles. The smallest absolute Gasteiger partial charge is 0.225 e. The molecule has 0 aromatic heterocycles. The fourth-order valence-electron chi connectivity index (χ4n) is 2.49. The molecule has 18 heavy (non-hydrogen) atoms. The Hall–Kier alpha value is -1.13. The highest BCUT2D eigenvalue weighted by Crippen LogP contribution is 2.34. The molecule has 98 valence electrons. The second-order valence-corrected chi connectivity index (χ2v) is 5.29. The Kier molecular flexibility index (Phi) is 3.59. The highest BCUT2D eigenvalue weighted by molar-refractivity contribution is 6.30. The van der Waals surface area contributed by atoms with E-state index in [0.717, 1.165) is 0 Å². The van der Waals surface area contributed by atoms with E-state index in [2.05, 4.69) is 0 Å². The van der Waals surface area contributed by atoms with Crippen molar-refractivity contribution in [2.45, 2.75) is 38.4 Å². The molecule has 3 nitrogen and oxygen atoms in total. The first kappa shape index (κ1) is 13.3. The van der Waals surface area contributed by atoms with Crippen molar-refractivity contribution in [2.24, 2.45) is 5.73 Å². The van der Waals surface area contributed by atoms with Gasteiger partial charge in [-0.3, -0.25) is 4.79 Å². The predicted molar refractivity (Wildman–Crippen MR) is 68.7 cm³/mol. The normalized spacial score (nSPS) is 24.1. The minimum Gasteiger partial charge on any atom is -0.332 e. The maximum Gasteiger partial charge on any atom is 0.225 e. The summed E-state index contributed by atoms with van der Waals surface area (Å²) in [7, 11) is 0. The molecular weight excluding hydrogens is 255 g/mol. The third-order valence-electron chi connectivity index (χ3n) is 3.25. The zero-order chi connectivity index (χ0) is 13.4. The molecule has 0 aliphatic carbocycles. The van der Waals surface area contributed by atoms with Crippen molar-refractivity contribution < 1.29 is 9.18 Å². The molecule has 1 saturated heterocycles. The summed E-state index contributed by atoms with van der Waals surface area (Å²) in [6.07, 6.45) is 0.299. The molecule has 1 aromatic rings. The average Bonchev–Trinajstić information content (AvgIpc) is 2.57. The van der Waals surface area contributed by atoms with Gasteiger partial charge in [0.15, 0.2) is 0 Å². The summed E-state index contributed by atoms with van der Waals surface area (Å²) in [6.45, 7) is 3.85. The second-order valence-electron chi connectivity index (χ2n) is 4.88. The fourth-order valence-corrected chi connectivity index (χ4v) is 2.61. The lowest BCUT2D eigenvalue weighted by Crippen LogP contribution is -2.37.